The van der Waals surface area contributed by atoms with Crippen molar-refractivity contribution in [2.24, 2.45) is 4.99 Å². The summed E-state index contributed by atoms with van der Waals surface area (Å²) < 4.78 is 5.52. The summed E-state index contributed by atoms with van der Waals surface area (Å²) in [6.45, 7) is 7.61. The maximum absolute atomic E-state index is 12.2. The number of methoxy groups -OCH3 is 1. The molecule has 2 aromatic carbocycles. The van der Waals surface area contributed by atoms with Crippen molar-refractivity contribution in [1.82, 2.24) is 15.5 Å². The number of hydrogen-bond donors (Lipinski definition) is 2. The number of nitrogens with zero attached hydrogens (tertiary/aromatic N) is 2. The molecule has 6 nitrogen and oxygen atoms in total. The SMILES string of the molecule is CCNC(=NCCc1cccc(C(=O)N(C)C)c1)NC(C)c1cc(C)ccc1OC.I. The number of ether oxygens (including phenoxy) is 1. The van der Waals surface area contributed by atoms with Crippen LogP contribution in [0.5, 0.6) is 5.75 Å². The third kappa shape index (κ3) is 8.05. The van der Waals surface area contributed by atoms with Crippen molar-refractivity contribution < 1.29 is 9.53 Å². The summed E-state index contributed by atoms with van der Waals surface area (Å²) in [6.07, 6.45) is 0.757. The van der Waals surface area contributed by atoms with E-state index in [0.29, 0.717) is 12.1 Å². The van der Waals surface area contributed by atoms with E-state index in [4.69, 9.17) is 9.73 Å². The zero-order chi connectivity index (χ0) is 22.1. The fraction of sp³-hybridized carbons (Fsp3) is 0.417. The number of carbonyl (C=O) groups is 1. The lowest BCUT2D eigenvalue weighted by Crippen LogP contribution is -2.39. The van der Waals surface area contributed by atoms with Gasteiger partial charge in [-0.2, -0.15) is 0 Å². The Morgan fingerprint density at radius 1 is 1.19 bits per heavy atom. The lowest BCUT2D eigenvalue weighted by Gasteiger charge is -2.20. The third-order valence-electron chi connectivity index (χ3n) is 4.80. The molecule has 0 bridgehead atoms. The smallest absolute Gasteiger partial charge is 0.253 e. The summed E-state index contributed by atoms with van der Waals surface area (Å²) in [6, 6.07) is 14.0. The van der Waals surface area contributed by atoms with Gasteiger partial charge in [-0.1, -0.05) is 29.8 Å². The zero-order valence-electron chi connectivity index (χ0n) is 19.4. The Balaban J connectivity index is 0.00000480. The summed E-state index contributed by atoms with van der Waals surface area (Å²) in [5, 5.41) is 6.77. The second-order valence-electron chi connectivity index (χ2n) is 7.52. The van der Waals surface area contributed by atoms with E-state index >= 15 is 0 Å². The van der Waals surface area contributed by atoms with Crippen molar-refractivity contribution >= 4 is 35.8 Å². The van der Waals surface area contributed by atoms with Crippen molar-refractivity contribution in [3.8, 4) is 5.75 Å². The highest BCUT2D eigenvalue weighted by Crippen LogP contribution is 2.25. The topological polar surface area (TPSA) is 66.0 Å². The molecule has 0 saturated carbocycles. The second-order valence-corrected chi connectivity index (χ2v) is 7.52. The number of aliphatic imine (C=N–C) groups is 1. The molecule has 31 heavy (non-hydrogen) atoms. The third-order valence-corrected chi connectivity index (χ3v) is 4.80. The molecule has 170 valence electrons. The predicted molar refractivity (Wildman–Crippen MR) is 139 cm³/mol. The molecule has 1 unspecified atom stereocenters. The van der Waals surface area contributed by atoms with Gasteiger partial charge in [-0.25, -0.2) is 0 Å². The van der Waals surface area contributed by atoms with Crippen LogP contribution in [0.4, 0.5) is 0 Å². The van der Waals surface area contributed by atoms with E-state index in [2.05, 4.69) is 30.5 Å². The van der Waals surface area contributed by atoms with Gasteiger partial charge in [-0.15, -0.1) is 24.0 Å². The molecule has 1 amide bonds. The van der Waals surface area contributed by atoms with E-state index in [0.717, 1.165) is 35.8 Å². The molecule has 2 rings (SSSR count). The molecular formula is C24H35IN4O2. The van der Waals surface area contributed by atoms with Gasteiger partial charge >= 0.3 is 0 Å². The Bertz CT molecular complexity index is 884. The highest BCUT2D eigenvalue weighted by molar-refractivity contribution is 14.0. The van der Waals surface area contributed by atoms with Crippen LogP contribution >= 0.6 is 24.0 Å². The first-order valence-corrected chi connectivity index (χ1v) is 10.4. The van der Waals surface area contributed by atoms with Crippen LogP contribution in [0.25, 0.3) is 0 Å². The van der Waals surface area contributed by atoms with Crippen LogP contribution < -0.4 is 15.4 Å². The van der Waals surface area contributed by atoms with Crippen molar-refractivity contribution in [3.63, 3.8) is 0 Å². The van der Waals surface area contributed by atoms with Crippen molar-refractivity contribution in [2.75, 3.05) is 34.3 Å². The number of benzene rings is 2. The molecule has 1 atom stereocenters. The van der Waals surface area contributed by atoms with Gasteiger partial charge in [0.25, 0.3) is 5.91 Å². The van der Waals surface area contributed by atoms with Crippen molar-refractivity contribution in [2.45, 2.75) is 33.2 Å². The number of hydrogen-bond acceptors (Lipinski definition) is 3. The number of rotatable bonds is 8. The molecule has 2 N–H and O–H groups in total. The van der Waals surface area contributed by atoms with E-state index in [1.807, 2.05) is 43.3 Å². The van der Waals surface area contributed by atoms with Crippen LogP contribution in [0, 0.1) is 6.92 Å². The summed E-state index contributed by atoms with van der Waals surface area (Å²) in [5.74, 6) is 1.63. The van der Waals surface area contributed by atoms with Crippen LogP contribution in [0.1, 0.15) is 46.9 Å². The van der Waals surface area contributed by atoms with Crippen LogP contribution in [0.15, 0.2) is 47.5 Å². The first-order valence-electron chi connectivity index (χ1n) is 10.4. The average molecular weight is 538 g/mol. The number of aryl methyl sites for hydroxylation is 1. The van der Waals surface area contributed by atoms with Gasteiger partial charge in [-0.3, -0.25) is 9.79 Å². The molecule has 7 heteroatoms. The minimum absolute atomic E-state index is 0. The number of guanidine groups is 1. The lowest BCUT2D eigenvalue weighted by atomic mass is 10.0. The first kappa shape index (κ1) is 26.7. The van der Waals surface area contributed by atoms with Crippen LogP contribution in [0.3, 0.4) is 0 Å². The first-order chi connectivity index (χ1) is 14.3. The normalized spacial score (nSPS) is 11.9. The zero-order valence-corrected chi connectivity index (χ0v) is 21.7. The highest BCUT2D eigenvalue weighted by Gasteiger charge is 2.13. The minimum Gasteiger partial charge on any atom is -0.496 e. The number of halogens is 1. The fourth-order valence-electron chi connectivity index (χ4n) is 3.21. The molecule has 0 saturated heterocycles. The van der Waals surface area contributed by atoms with Crippen molar-refractivity contribution in [1.29, 1.82) is 0 Å². The average Bonchev–Trinajstić information content (AvgIpc) is 2.73. The number of carbonyl (C=O) groups excluding carboxylic acids is 1. The Labute approximate surface area is 203 Å². The van der Waals surface area contributed by atoms with E-state index in [1.165, 1.54) is 5.56 Å². The second kappa shape index (κ2) is 13.2. The van der Waals surface area contributed by atoms with E-state index in [9.17, 15) is 4.79 Å². The Morgan fingerprint density at radius 3 is 2.58 bits per heavy atom. The minimum atomic E-state index is 0. The number of amides is 1. The van der Waals surface area contributed by atoms with E-state index in [1.54, 1.807) is 26.1 Å². The van der Waals surface area contributed by atoms with Gasteiger partial charge in [0.2, 0.25) is 0 Å². The molecule has 0 heterocycles. The Morgan fingerprint density at radius 2 is 1.94 bits per heavy atom. The Hall–Kier alpha value is -2.29. The maximum atomic E-state index is 12.2. The van der Waals surface area contributed by atoms with Gasteiger partial charge < -0.3 is 20.3 Å². The van der Waals surface area contributed by atoms with E-state index < -0.39 is 0 Å². The van der Waals surface area contributed by atoms with E-state index in [-0.39, 0.29) is 35.9 Å². The van der Waals surface area contributed by atoms with Crippen LogP contribution in [-0.4, -0.2) is 51.1 Å². The lowest BCUT2D eigenvalue weighted by molar-refractivity contribution is 0.0827. The molecule has 2 aromatic rings. The molecule has 0 aliphatic heterocycles. The van der Waals surface area contributed by atoms with Crippen LogP contribution in [-0.2, 0) is 6.42 Å². The molecule has 0 aromatic heterocycles. The summed E-state index contributed by atoms with van der Waals surface area (Å²) in [5.41, 5.74) is 4.08. The fourth-order valence-corrected chi connectivity index (χ4v) is 3.21. The summed E-state index contributed by atoms with van der Waals surface area (Å²) in [7, 11) is 5.21. The molecule has 0 radical (unpaired) electrons. The van der Waals surface area contributed by atoms with Gasteiger partial charge in [0.15, 0.2) is 5.96 Å². The molecule has 0 aliphatic rings. The molecule has 0 aliphatic carbocycles. The highest BCUT2D eigenvalue weighted by atomic mass is 127. The van der Waals surface area contributed by atoms with Crippen LogP contribution in [0.2, 0.25) is 0 Å². The van der Waals surface area contributed by atoms with Gasteiger partial charge in [0.1, 0.15) is 5.75 Å². The predicted octanol–water partition coefficient (Wildman–Crippen LogP) is 4.18. The Kier molecular flexibility index (Phi) is 11.4. The molecular weight excluding hydrogens is 503 g/mol. The molecule has 0 spiro atoms. The number of nitrogens with one attached hydrogen (secondary N) is 2. The monoisotopic (exact) mass is 538 g/mol. The summed E-state index contributed by atoms with van der Waals surface area (Å²) in [4.78, 5) is 18.5. The van der Waals surface area contributed by atoms with Gasteiger partial charge in [0.05, 0.1) is 13.2 Å². The van der Waals surface area contributed by atoms with Gasteiger partial charge in [0, 0.05) is 38.3 Å². The molecule has 0 fully saturated rings. The van der Waals surface area contributed by atoms with Crippen molar-refractivity contribution in [3.05, 3.63) is 64.7 Å². The quantitative estimate of drug-likeness (QED) is 0.301. The summed E-state index contributed by atoms with van der Waals surface area (Å²) >= 11 is 0. The van der Waals surface area contributed by atoms with Gasteiger partial charge in [-0.05, 0) is 51.0 Å². The largest absolute Gasteiger partial charge is 0.496 e. The maximum Gasteiger partial charge on any atom is 0.253 e. The standard InChI is InChI=1S/C24H34N4O2.HI/c1-7-25-24(27-18(3)21-15-17(2)11-12-22(21)30-6)26-14-13-19-9-8-10-20(16-19)23(29)28(4)5;/h8-12,15-16,18H,7,13-14H2,1-6H3,(H2,25,26,27);1H.